The number of carbonyl (C=O) groups excluding carboxylic acids is 1. The second kappa shape index (κ2) is 11.2. The van der Waals surface area contributed by atoms with Gasteiger partial charge >= 0.3 is 5.97 Å². The van der Waals surface area contributed by atoms with Gasteiger partial charge in [-0.25, -0.2) is 14.8 Å². The first-order chi connectivity index (χ1) is 18.0. The van der Waals surface area contributed by atoms with Crippen molar-refractivity contribution < 1.29 is 9.53 Å². The number of ether oxygens (including phenoxy) is 1. The largest absolute Gasteiger partial charge is 0.462 e. The van der Waals surface area contributed by atoms with E-state index >= 15 is 0 Å². The molecule has 2 aliphatic rings. The molecule has 1 aromatic carbocycles. The molecule has 4 heterocycles. The third kappa shape index (κ3) is 5.72. The average Bonchev–Trinajstić information content (AvgIpc) is 3.28. The Morgan fingerprint density at radius 1 is 1.24 bits per heavy atom. The molecular formula is C26H30N8O2S. The Morgan fingerprint density at radius 2 is 2.08 bits per heavy atom. The lowest BCUT2D eigenvalue weighted by Crippen LogP contribution is -2.45. The molecule has 1 fully saturated rings. The molecule has 0 spiro atoms. The monoisotopic (exact) mass is 518 g/mol. The summed E-state index contributed by atoms with van der Waals surface area (Å²) in [7, 11) is 0. The van der Waals surface area contributed by atoms with E-state index in [1.165, 1.54) is 16.9 Å². The molecule has 37 heavy (non-hydrogen) atoms. The lowest BCUT2D eigenvalue weighted by molar-refractivity contribution is 0.0531. The first-order valence-corrected chi connectivity index (χ1v) is 13.3. The molecule has 0 radical (unpaired) electrons. The van der Waals surface area contributed by atoms with Gasteiger partial charge in [-0.15, -0.1) is 0 Å². The molecule has 0 unspecified atom stereocenters. The SMILES string of the molecule is CCOC(=O)c1sc(Nc2nc3c(c(N4CCNCC4)n2)CCN(Cc2cccc(C#N)c2)C3)nc1C. The number of benzene rings is 1. The Hall–Kier alpha value is -3.59. The number of hydrogen-bond donors (Lipinski definition) is 2. The Morgan fingerprint density at radius 3 is 2.86 bits per heavy atom. The van der Waals surface area contributed by atoms with Crippen molar-refractivity contribution in [2.75, 3.05) is 49.5 Å². The van der Waals surface area contributed by atoms with E-state index < -0.39 is 0 Å². The molecule has 3 aromatic rings. The number of thiazole rings is 1. The lowest BCUT2D eigenvalue weighted by atomic mass is 10.0. The van der Waals surface area contributed by atoms with Gasteiger partial charge in [-0.3, -0.25) is 10.2 Å². The minimum Gasteiger partial charge on any atom is -0.462 e. The summed E-state index contributed by atoms with van der Waals surface area (Å²) in [5.74, 6) is 1.08. The van der Waals surface area contributed by atoms with Gasteiger partial charge in [0.2, 0.25) is 5.95 Å². The summed E-state index contributed by atoms with van der Waals surface area (Å²) in [4.78, 5) is 31.8. The molecular weight excluding hydrogens is 488 g/mol. The van der Waals surface area contributed by atoms with Crippen LogP contribution in [0.5, 0.6) is 0 Å². The molecule has 0 amide bonds. The third-order valence-corrected chi connectivity index (χ3v) is 7.53. The molecule has 10 nitrogen and oxygen atoms in total. The number of aryl methyl sites for hydroxylation is 1. The number of fused-ring (bicyclic) bond motifs is 1. The van der Waals surface area contributed by atoms with E-state index in [1.54, 1.807) is 13.8 Å². The highest BCUT2D eigenvalue weighted by atomic mass is 32.1. The van der Waals surface area contributed by atoms with Crippen molar-refractivity contribution in [3.63, 3.8) is 0 Å². The third-order valence-electron chi connectivity index (χ3n) is 6.48. The second-order valence-corrected chi connectivity index (χ2v) is 10.1. The summed E-state index contributed by atoms with van der Waals surface area (Å²) < 4.78 is 5.16. The number of carbonyl (C=O) groups is 1. The van der Waals surface area contributed by atoms with Crippen LogP contribution in [0.15, 0.2) is 24.3 Å². The van der Waals surface area contributed by atoms with Crippen LogP contribution in [0.2, 0.25) is 0 Å². The van der Waals surface area contributed by atoms with Gasteiger partial charge in [0.25, 0.3) is 0 Å². The summed E-state index contributed by atoms with van der Waals surface area (Å²) in [6, 6.07) is 9.98. The summed E-state index contributed by atoms with van der Waals surface area (Å²) >= 11 is 1.25. The number of nitriles is 1. The normalized spacial score (nSPS) is 15.6. The van der Waals surface area contributed by atoms with E-state index in [2.05, 4.69) is 37.6 Å². The predicted molar refractivity (Wildman–Crippen MR) is 142 cm³/mol. The van der Waals surface area contributed by atoms with Crippen molar-refractivity contribution >= 4 is 34.2 Å². The van der Waals surface area contributed by atoms with Crippen molar-refractivity contribution in [1.29, 1.82) is 5.26 Å². The van der Waals surface area contributed by atoms with Crippen molar-refractivity contribution in [3.8, 4) is 6.07 Å². The van der Waals surface area contributed by atoms with Gasteiger partial charge in [0.05, 0.1) is 29.6 Å². The van der Waals surface area contributed by atoms with Crippen molar-refractivity contribution in [1.82, 2.24) is 25.2 Å². The Bertz CT molecular complexity index is 1330. The zero-order valence-corrected chi connectivity index (χ0v) is 21.9. The topological polar surface area (TPSA) is 119 Å². The zero-order chi connectivity index (χ0) is 25.8. The number of nitrogens with zero attached hydrogens (tertiary/aromatic N) is 6. The molecule has 11 heteroatoms. The quantitative estimate of drug-likeness (QED) is 0.452. The smallest absolute Gasteiger partial charge is 0.350 e. The van der Waals surface area contributed by atoms with E-state index in [4.69, 9.17) is 14.7 Å². The molecule has 2 aromatic heterocycles. The van der Waals surface area contributed by atoms with E-state index in [-0.39, 0.29) is 5.97 Å². The number of piperazine rings is 1. The highest BCUT2D eigenvalue weighted by molar-refractivity contribution is 7.17. The molecule has 5 rings (SSSR count). The summed E-state index contributed by atoms with van der Waals surface area (Å²) in [6.07, 6.45) is 0.857. The number of anilines is 3. The van der Waals surface area contributed by atoms with E-state index in [9.17, 15) is 10.1 Å². The average molecular weight is 519 g/mol. The molecule has 0 saturated carbocycles. The van der Waals surface area contributed by atoms with Gasteiger partial charge in [0.1, 0.15) is 10.7 Å². The molecule has 0 atom stereocenters. The van der Waals surface area contributed by atoms with Crippen molar-refractivity contribution in [2.45, 2.75) is 33.4 Å². The van der Waals surface area contributed by atoms with Crippen molar-refractivity contribution in [2.24, 2.45) is 0 Å². The van der Waals surface area contributed by atoms with Crippen LogP contribution in [0.25, 0.3) is 0 Å². The zero-order valence-electron chi connectivity index (χ0n) is 21.1. The predicted octanol–water partition coefficient (Wildman–Crippen LogP) is 3.00. The Kier molecular flexibility index (Phi) is 7.60. The maximum Gasteiger partial charge on any atom is 0.350 e. The number of aromatic nitrogens is 3. The van der Waals surface area contributed by atoms with Gasteiger partial charge in [-0.05, 0) is 38.0 Å². The fraction of sp³-hybridized carbons (Fsp3) is 0.423. The Balaban J connectivity index is 1.42. The first kappa shape index (κ1) is 25.1. The van der Waals surface area contributed by atoms with E-state index in [0.29, 0.717) is 40.4 Å². The van der Waals surface area contributed by atoms with Gasteiger partial charge in [-0.1, -0.05) is 23.5 Å². The number of nitrogens with one attached hydrogen (secondary N) is 2. The molecule has 0 aliphatic carbocycles. The highest BCUT2D eigenvalue weighted by Crippen LogP contribution is 2.31. The van der Waals surface area contributed by atoms with Crippen LogP contribution >= 0.6 is 11.3 Å². The summed E-state index contributed by atoms with van der Waals surface area (Å²) in [5.41, 5.74) is 4.59. The fourth-order valence-corrected chi connectivity index (χ4v) is 5.58. The highest BCUT2D eigenvalue weighted by Gasteiger charge is 2.26. The lowest BCUT2D eigenvalue weighted by Gasteiger charge is -2.34. The second-order valence-electron chi connectivity index (χ2n) is 9.08. The molecule has 1 saturated heterocycles. The van der Waals surface area contributed by atoms with Crippen LogP contribution in [0, 0.1) is 18.3 Å². The van der Waals surface area contributed by atoms with Crippen LogP contribution in [-0.4, -0.2) is 65.2 Å². The van der Waals surface area contributed by atoms with E-state index in [1.807, 2.05) is 18.2 Å². The maximum atomic E-state index is 12.3. The minimum absolute atomic E-state index is 0.318. The van der Waals surface area contributed by atoms with Crippen LogP contribution in [0.3, 0.4) is 0 Å². The first-order valence-electron chi connectivity index (χ1n) is 12.5. The fourth-order valence-electron chi connectivity index (χ4n) is 4.72. The molecule has 2 N–H and O–H groups in total. The Labute approximate surface area is 220 Å². The van der Waals surface area contributed by atoms with Crippen LogP contribution < -0.4 is 15.5 Å². The summed E-state index contributed by atoms with van der Waals surface area (Å²) in [6.45, 7) is 9.84. The van der Waals surface area contributed by atoms with Gasteiger partial charge in [0.15, 0.2) is 5.13 Å². The van der Waals surface area contributed by atoms with Crippen LogP contribution in [0.4, 0.5) is 16.9 Å². The summed E-state index contributed by atoms with van der Waals surface area (Å²) in [5, 5.41) is 16.5. The van der Waals surface area contributed by atoms with Crippen LogP contribution in [0.1, 0.15) is 44.7 Å². The maximum absolute atomic E-state index is 12.3. The molecule has 0 bridgehead atoms. The van der Waals surface area contributed by atoms with Crippen LogP contribution in [-0.2, 0) is 24.2 Å². The standard InChI is InChI=1S/C26H30N8O2S/c1-3-36-24(35)22-17(2)29-26(37-22)32-25-30-21-16-33(15-19-6-4-5-18(13-19)14-27)10-7-20(21)23(31-25)34-11-8-28-9-12-34/h4-6,13,28H,3,7-12,15-16H2,1-2H3,(H,29,30,31,32). The number of hydrogen-bond acceptors (Lipinski definition) is 11. The van der Waals surface area contributed by atoms with Crippen molar-refractivity contribution in [3.05, 3.63) is 57.2 Å². The van der Waals surface area contributed by atoms with Gasteiger partial charge in [0, 0.05) is 51.4 Å². The van der Waals surface area contributed by atoms with Gasteiger partial charge < -0.3 is 15.0 Å². The number of esters is 1. The molecule has 192 valence electrons. The number of rotatable bonds is 7. The molecule has 2 aliphatic heterocycles. The minimum atomic E-state index is -0.366. The van der Waals surface area contributed by atoms with E-state index in [0.717, 1.165) is 62.8 Å². The van der Waals surface area contributed by atoms with Gasteiger partial charge in [-0.2, -0.15) is 10.2 Å².